The number of amides is 1. The standard InChI is InChI=1S/C25H37NO5/c1-17(8-7-11-24(2,3)28)26-22(27)10-9-18-14-19-16-21(25(29)12-5-6-13-25)31-23(19)20(15-18)30-4/h14-17,28-29H,5-13H2,1-4H3,(H,26,27). The molecule has 1 fully saturated rings. The van der Waals surface area contributed by atoms with E-state index in [2.05, 4.69) is 5.32 Å². The first-order valence-corrected chi connectivity index (χ1v) is 11.4. The summed E-state index contributed by atoms with van der Waals surface area (Å²) >= 11 is 0. The van der Waals surface area contributed by atoms with Crippen LogP contribution in [0.1, 0.15) is 83.5 Å². The van der Waals surface area contributed by atoms with Crippen molar-refractivity contribution in [2.45, 2.75) is 95.8 Å². The third-order valence-electron chi connectivity index (χ3n) is 6.23. The van der Waals surface area contributed by atoms with Crippen LogP contribution in [0, 0.1) is 0 Å². The molecule has 1 atom stereocenters. The molecule has 0 radical (unpaired) electrons. The number of aryl methyl sites for hydroxylation is 1. The summed E-state index contributed by atoms with van der Waals surface area (Å²) in [6.07, 6.45) is 6.85. The van der Waals surface area contributed by atoms with Crippen molar-refractivity contribution in [1.82, 2.24) is 5.32 Å². The fraction of sp³-hybridized carbons (Fsp3) is 0.640. The van der Waals surface area contributed by atoms with Crippen molar-refractivity contribution in [2.24, 2.45) is 0 Å². The van der Waals surface area contributed by atoms with E-state index >= 15 is 0 Å². The Morgan fingerprint density at radius 2 is 2.00 bits per heavy atom. The maximum Gasteiger partial charge on any atom is 0.220 e. The number of carbonyl (C=O) groups excluding carboxylic acids is 1. The Bertz CT molecular complexity index is 889. The van der Waals surface area contributed by atoms with Crippen LogP contribution in [0.15, 0.2) is 22.6 Å². The van der Waals surface area contributed by atoms with Gasteiger partial charge in [0, 0.05) is 17.8 Å². The van der Waals surface area contributed by atoms with Crippen molar-refractivity contribution in [3.63, 3.8) is 0 Å². The summed E-state index contributed by atoms with van der Waals surface area (Å²) in [6, 6.07) is 5.92. The summed E-state index contributed by atoms with van der Waals surface area (Å²) in [5, 5.41) is 24.6. The molecule has 0 spiro atoms. The molecule has 1 heterocycles. The van der Waals surface area contributed by atoms with E-state index in [1.165, 1.54) is 0 Å². The lowest BCUT2D eigenvalue weighted by molar-refractivity contribution is -0.121. The van der Waals surface area contributed by atoms with E-state index in [4.69, 9.17) is 9.15 Å². The molecule has 1 aromatic carbocycles. The van der Waals surface area contributed by atoms with Crippen LogP contribution >= 0.6 is 0 Å². The number of benzene rings is 1. The predicted molar refractivity (Wildman–Crippen MR) is 121 cm³/mol. The number of fused-ring (bicyclic) bond motifs is 1. The molecule has 6 nitrogen and oxygen atoms in total. The topological polar surface area (TPSA) is 91.9 Å². The number of furan rings is 1. The Morgan fingerprint density at radius 3 is 2.65 bits per heavy atom. The number of methoxy groups -OCH3 is 1. The second kappa shape index (κ2) is 9.61. The molecule has 1 unspecified atom stereocenters. The van der Waals surface area contributed by atoms with Gasteiger partial charge in [0.25, 0.3) is 0 Å². The Hall–Kier alpha value is -2.05. The summed E-state index contributed by atoms with van der Waals surface area (Å²) in [4.78, 5) is 12.4. The Morgan fingerprint density at radius 1 is 1.29 bits per heavy atom. The first-order chi connectivity index (χ1) is 14.6. The van der Waals surface area contributed by atoms with Gasteiger partial charge in [0.15, 0.2) is 11.3 Å². The van der Waals surface area contributed by atoms with Gasteiger partial charge in [0.05, 0.1) is 12.7 Å². The molecule has 172 valence electrons. The Balaban J connectivity index is 1.60. The predicted octanol–water partition coefficient (Wildman–Crippen LogP) is 4.58. The third-order valence-corrected chi connectivity index (χ3v) is 6.23. The van der Waals surface area contributed by atoms with Gasteiger partial charge >= 0.3 is 0 Å². The lowest BCUT2D eigenvalue weighted by Crippen LogP contribution is -2.33. The molecule has 3 rings (SSSR count). The molecule has 1 aliphatic rings. The van der Waals surface area contributed by atoms with Gasteiger partial charge in [0.1, 0.15) is 11.4 Å². The van der Waals surface area contributed by atoms with E-state index in [1.54, 1.807) is 21.0 Å². The van der Waals surface area contributed by atoms with Gasteiger partial charge < -0.3 is 24.7 Å². The summed E-state index contributed by atoms with van der Waals surface area (Å²) in [5.74, 6) is 1.25. The van der Waals surface area contributed by atoms with Gasteiger partial charge in [-0.05, 0) is 95.9 Å². The first-order valence-electron chi connectivity index (χ1n) is 11.4. The van der Waals surface area contributed by atoms with Crippen molar-refractivity contribution in [3.05, 3.63) is 29.5 Å². The Labute approximate surface area is 185 Å². The van der Waals surface area contributed by atoms with Gasteiger partial charge in [-0.25, -0.2) is 0 Å². The van der Waals surface area contributed by atoms with E-state index < -0.39 is 11.2 Å². The Kier molecular flexibility index (Phi) is 7.32. The van der Waals surface area contributed by atoms with Crippen LogP contribution in [0.2, 0.25) is 0 Å². The third kappa shape index (κ3) is 6.23. The number of hydrogen-bond donors (Lipinski definition) is 3. The number of nitrogens with one attached hydrogen (secondary N) is 1. The zero-order valence-corrected chi connectivity index (χ0v) is 19.3. The monoisotopic (exact) mass is 431 g/mol. The van der Waals surface area contributed by atoms with Crippen molar-refractivity contribution in [3.8, 4) is 5.75 Å². The number of ether oxygens (including phenoxy) is 1. The van der Waals surface area contributed by atoms with Gasteiger partial charge in [-0.3, -0.25) is 4.79 Å². The van der Waals surface area contributed by atoms with Crippen molar-refractivity contribution >= 4 is 16.9 Å². The summed E-state index contributed by atoms with van der Waals surface area (Å²) in [5.41, 5.74) is 0.0965. The van der Waals surface area contributed by atoms with Crippen molar-refractivity contribution < 1.29 is 24.2 Å². The van der Waals surface area contributed by atoms with E-state index in [-0.39, 0.29) is 11.9 Å². The SMILES string of the molecule is COc1cc(CCC(=O)NC(C)CCCC(C)(C)O)cc2cc(C3(O)CCCC3)oc12. The van der Waals surface area contributed by atoms with Gasteiger partial charge in [0.2, 0.25) is 5.91 Å². The first kappa shape index (κ1) is 23.6. The molecule has 1 aromatic heterocycles. The van der Waals surface area contributed by atoms with E-state index in [0.29, 0.717) is 29.9 Å². The smallest absolute Gasteiger partial charge is 0.220 e. The van der Waals surface area contributed by atoms with Crippen LogP contribution in [0.3, 0.4) is 0 Å². The zero-order chi connectivity index (χ0) is 22.6. The molecular weight excluding hydrogens is 394 g/mol. The van der Waals surface area contributed by atoms with Crippen LogP contribution in [-0.4, -0.2) is 34.9 Å². The minimum Gasteiger partial charge on any atom is -0.493 e. The highest BCUT2D eigenvalue weighted by Gasteiger charge is 2.36. The average Bonchev–Trinajstić information content (AvgIpc) is 3.32. The molecule has 0 bridgehead atoms. The maximum absolute atomic E-state index is 12.4. The minimum atomic E-state index is -0.883. The molecule has 1 aliphatic carbocycles. The number of rotatable bonds is 10. The summed E-state index contributed by atoms with van der Waals surface area (Å²) in [6.45, 7) is 5.61. The highest BCUT2D eigenvalue weighted by Crippen LogP contribution is 2.42. The normalized spacial score (nSPS) is 17.1. The van der Waals surface area contributed by atoms with Gasteiger partial charge in [-0.15, -0.1) is 0 Å². The molecule has 0 aliphatic heterocycles. The highest BCUT2D eigenvalue weighted by atomic mass is 16.5. The fourth-order valence-corrected chi connectivity index (χ4v) is 4.43. The fourth-order valence-electron chi connectivity index (χ4n) is 4.43. The summed E-state index contributed by atoms with van der Waals surface area (Å²) in [7, 11) is 1.60. The molecule has 2 aromatic rings. The van der Waals surface area contributed by atoms with Crippen LogP contribution in [0.5, 0.6) is 5.75 Å². The zero-order valence-electron chi connectivity index (χ0n) is 19.3. The average molecular weight is 432 g/mol. The second-order valence-corrected chi connectivity index (χ2v) is 9.74. The van der Waals surface area contributed by atoms with E-state index in [0.717, 1.165) is 55.9 Å². The molecule has 31 heavy (non-hydrogen) atoms. The van der Waals surface area contributed by atoms with Crippen molar-refractivity contribution in [2.75, 3.05) is 7.11 Å². The number of aliphatic hydroxyl groups is 2. The lowest BCUT2D eigenvalue weighted by Gasteiger charge is -2.19. The largest absolute Gasteiger partial charge is 0.493 e. The quantitative estimate of drug-likeness (QED) is 0.512. The molecule has 3 N–H and O–H groups in total. The molecule has 0 saturated heterocycles. The van der Waals surface area contributed by atoms with Crippen molar-refractivity contribution in [1.29, 1.82) is 0 Å². The lowest BCUT2D eigenvalue weighted by atomic mass is 9.98. The van der Waals surface area contributed by atoms with Gasteiger partial charge in [-0.1, -0.05) is 0 Å². The minimum absolute atomic E-state index is 0.0166. The molecular formula is C25H37NO5. The maximum atomic E-state index is 12.4. The molecule has 1 saturated carbocycles. The number of hydrogen-bond acceptors (Lipinski definition) is 5. The number of carbonyl (C=O) groups is 1. The van der Waals surface area contributed by atoms with Crippen LogP contribution in [-0.2, 0) is 16.8 Å². The van der Waals surface area contributed by atoms with Crippen LogP contribution in [0.25, 0.3) is 11.0 Å². The van der Waals surface area contributed by atoms with Crippen LogP contribution < -0.4 is 10.1 Å². The second-order valence-electron chi connectivity index (χ2n) is 9.74. The molecule has 6 heteroatoms. The van der Waals surface area contributed by atoms with Crippen LogP contribution in [0.4, 0.5) is 0 Å². The summed E-state index contributed by atoms with van der Waals surface area (Å²) < 4.78 is 11.5. The van der Waals surface area contributed by atoms with Gasteiger partial charge in [-0.2, -0.15) is 0 Å². The van der Waals surface area contributed by atoms with E-state index in [1.807, 2.05) is 25.1 Å². The highest BCUT2D eigenvalue weighted by molar-refractivity contribution is 5.85. The molecule has 1 amide bonds. The van der Waals surface area contributed by atoms with E-state index in [9.17, 15) is 15.0 Å².